The van der Waals surface area contributed by atoms with Gasteiger partial charge in [0.25, 0.3) is 5.91 Å². The molecule has 1 amide bonds. The first kappa shape index (κ1) is 21.1. The Morgan fingerprint density at radius 1 is 0.970 bits per heavy atom. The molecule has 5 rings (SSSR count). The number of carbonyl (C=O) groups excluding carboxylic acids is 1. The molecule has 0 saturated carbocycles. The van der Waals surface area contributed by atoms with Gasteiger partial charge in [0.05, 0.1) is 0 Å². The molecule has 2 N–H and O–H groups in total. The van der Waals surface area contributed by atoms with Crippen molar-refractivity contribution in [2.75, 3.05) is 5.32 Å². The minimum atomic E-state index is -0.438. The minimum Gasteiger partial charge on any atom is -0.436 e. The minimum absolute atomic E-state index is 0.107. The van der Waals surface area contributed by atoms with E-state index in [0.29, 0.717) is 33.3 Å². The molecule has 0 bridgehead atoms. The zero-order valence-electron chi connectivity index (χ0n) is 16.9. The summed E-state index contributed by atoms with van der Waals surface area (Å²) in [5.41, 5.74) is 3.00. The number of anilines is 1. The summed E-state index contributed by atoms with van der Waals surface area (Å²) in [4.78, 5) is 16.9. The van der Waals surface area contributed by atoms with E-state index in [1.54, 1.807) is 18.2 Å². The van der Waals surface area contributed by atoms with Crippen molar-refractivity contribution in [3.63, 3.8) is 0 Å². The summed E-state index contributed by atoms with van der Waals surface area (Å²) >= 11 is 11.6. The Morgan fingerprint density at radius 3 is 2.55 bits per heavy atom. The number of nitrogens with one attached hydrogen (secondary N) is 2. The maximum absolute atomic E-state index is 13.0. The van der Waals surface area contributed by atoms with Gasteiger partial charge < -0.3 is 9.73 Å². The quantitative estimate of drug-likeness (QED) is 0.289. The van der Waals surface area contributed by atoms with Crippen molar-refractivity contribution in [1.29, 1.82) is 0 Å². The van der Waals surface area contributed by atoms with Gasteiger partial charge in [-0.3, -0.25) is 10.1 Å². The number of thiocarbonyl (C=S) groups is 1. The number of nitrogens with zero attached hydrogens (tertiary/aromatic N) is 1. The molecule has 0 atom stereocenters. The molecule has 0 unspecified atom stereocenters. The van der Waals surface area contributed by atoms with Gasteiger partial charge in [0.2, 0.25) is 5.89 Å². The molecule has 0 aliphatic carbocycles. The zero-order chi connectivity index (χ0) is 22.9. The highest BCUT2D eigenvalue weighted by Crippen LogP contribution is 2.33. The SMILES string of the molecule is O=C(NC(=S)Nc1ccc2oc(-c3cccc4c(Cl)cccc34)nc2c1)c1ccc(F)cc1. The fourth-order valence-corrected chi connectivity index (χ4v) is 3.97. The van der Waals surface area contributed by atoms with E-state index in [2.05, 4.69) is 15.6 Å². The third-order valence-corrected chi connectivity index (χ3v) is 5.61. The van der Waals surface area contributed by atoms with Gasteiger partial charge in [0.15, 0.2) is 10.7 Å². The normalized spacial score (nSPS) is 11.0. The van der Waals surface area contributed by atoms with E-state index in [4.69, 9.17) is 28.2 Å². The predicted octanol–water partition coefficient (Wildman–Crippen LogP) is 6.57. The topological polar surface area (TPSA) is 67.2 Å². The van der Waals surface area contributed by atoms with Gasteiger partial charge in [-0.15, -0.1) is 0 Å². The molecule has 4 aromatic carbocycles. The molecular formula is C25H15ClFN3O2S. The largest absolute Gasteiger partial charge is 0.436 e. The molecule has 8 heteroatoms. The molecule has 5 aromatic rings. The van der Waals surface area contributed by atoms with Crippen LogP contribution in [0.15, 0.2) is 83.3 Å². The van der Waals surface area contributed by atoms with E-state index < -0.39 is 11.7 Å². The lowest BCUT2D eigenvalue weighted by Crippen LogP contribution is -2.34. The molecule has 33 heavy (non-hydrogen) atoms. The molecule has 1 aromatic heterocycles. The Kier molecular flexibility index (Phi) is 5.50. The van der Waals surface area contributed by atoms with Gasteiger partial charge in [-0.05, 0) is 72.2 Å². The van der Waals surface area contributed by atoms with E-state index >= 15 is 0 Å². The Hall–Kier alpha value is -3.81. The van der Waals surface area contributed by atoms with Crippen LogP contribution in [0.5, 0.6) is 0 Å². The number of hydrogen-bond donors (Lipinski definition) is 2. The number of halogens is 2. The highest BCUT2D eigenvalue weighted by molar-refractivity contribution is 7.80. The number of amides is 1. The third-order valence-electron chi connectivity index (χ3n) is 5.08. The number of rotatable bonds is 3. The summed E-state index contributed by atoms with van der Waals surface area (Å²) in [5.74, 6) is -0.381. The van der Waals surface area contributed by atoms with Gasteiger partial charge in [-0.1, -0.05) is 35.9 Å². The van der Waals surface area contributed by atoms with Crippen molar-refractivity contribution < 1.29 is 13.6 Å². The fraction of sp³-hybridized carbons (Fsp3) is 0. The summed E-state index contributed by atoms with van der Waals surface area (Å²) in [6, 6.07) is 22.0. The summed E-state index contributed by atoms with van der Waals surface area (Å²) in [6.07, 6.45) is 0. The van der Waals surface area contributed by atoms with Crippen LogP contribution in [0.4, 0.5) is 10.1 Å². The van der Waals surface area contributed by atoms with Crippen LogP contribution in [0.3, 0.4) is 0 Å². The molecule has 0 spiro atoms. The molecular weight excluding hydrogens is 461 g/mol. The van der Waals surface area contributed by atoms with E-state index in [9.17, 15) is 9.18 Å². The second kappa shape index (κ2) is 8.61. The first-order valence-corrected chi connectivity index (χ1v) is 10.7. The van der Waals surface area contributed by atoms with Crippen molar-refractivity contribution in [3.05, 3.63) is 95.3 Å². The number of fused-ring (bicyclic) bond motifs is 2. The molecule has 0 aliphatic heterocycles. The average Bonchev–Trinajstić information content (AvgIpc) is 3.22. The maximum Gasteiger partial charge on any atom is 0.257 e. The van der Waals surface area contributed by atoms with E-state index in [1.807, 2.05) is 36.4 Å². The molecule has 1 heterocycles. The summed E-state index contributed by atoms with van der Waals surface area (Å²) in [6.45, 7) is 0. The van der Waals surface area contributed by atoms with Gasteiger partial charge in [0.1, 0.15) is 11.3 Å². The molecule has 162 valence electrons. The highest BCUT2D eigenvalue weighted by Gasteiger charge is 2.14. The van der Waals surface area contributed by atoms with Crippen molar-refractivity contribution >= 4 is 62.4 Å². The van der Waals surface area contributed by atoms with Crippen LogP contribution in [0.1, 0.15) is 10.4 Å². The number of carbonyl (C=O) groups is 1. The first-order valence-electron chi connectivity index (χ1n) is 9.94. The molecule has 0 radical (unpaired) electrons. The maximum atomic E-state index is 13.0. The molecule has 0 saturated heterocycles. The molecule has 5 nitrogen and oxygen atoms in total. The lowest BCUT2D eigenvalue weighted by atomic mass is 10.0. The highest BCUT2D eigenvalue weighted by atomic mass is 35.5. The van der Waals surface area contributed by atoms with Crippen molar-refractivity contribution in [2.45, 2.75) is 0 Å². The van der Waals surface area contributed by atoms with Crippen LogP contribution in [0.2, 0.25) is 5.02 Å². The van der Waals surface area contributed by atoms with Crippen molar-refractivity contribution in [2.24, 2.45) is 0 Å². The van der Waals surface area contributed by atoms with Crippen LogP contribution in [0.25, 0.3) is 33.3 Å². The standard InChI is InChI=1S/C25H15ClFN3O2S/c26-20-6-2-3-17-18(20)4-1-5-19(17)24-29-21-13-16(11-12-22(21)32-24)28-25(33)30-23(31)14-7-9-15(27)10-8-14/h1-13H,(H2,28,30,31,33). The number of benzene rings is 4. The van der Waals surface area contributed by atoms with Crippen LogP contribution < -0.4 is 10.6 Å². The van der Waals surface area contributed by atoms with E-state index in [0.717, 1.165) is 16.3 Å². The fourth-order valence-electron chi connectivity index (χ4n) is 3.52. The molecule has 0 fully saturated rings. The number of oxazole rings is 1. The van der Waals surface area contributed by atoms with Gasteiger partial charge in [0, 0.05) is 27.2 Å². The predicted molar refractivity (Wildman–Crippen MR) is 132 cm³/mol. The Bertz CT molecular complexity index is 1530. The van der Waals surface area contributed by atoms with Gasteiger partial charge in [-0.25, -0.2) is 9.37 Å². The monoisotopic (exact) mass is 475 g/mol. The smallest absolute Gasteiger partial charge is 0.257 e. The van der Waals surface area contributed by atoms with Crippen LogP contribution in [0, 0.1) is 5.82 Å². The summed E-state index contributed by atoms with van der Waals surface area (Å²) in [7, 11) is 0. The number of hydrogen-bond acceptors (Lipinski definition) is 4. The van der Waals surface area contributed by atoms with Crippen molar-refractivity contribution in [1.82, 2.24) is 10.3 Å². The summed E-state index contributed by atoms with van der Waals surface area (Å²) in [5, 5.41) is 8.16. The van der Waals surface area contributed by atoms with Crippen LogP contribution >= 0.6 is 23.8 Å². The Balaban J connectivity index is 1.38. The van der Waals surface area contributed by atoms with Crippen LogP contribution in [-0.4, -0.2) is 16.0 Å². The molecule has 0 aliphatic rings. The second-order valence-electron chi connectivity index (χ2n) is 7.26. The van der Waals surface area contributed by atoms with Gasteiger partial charge in [-0.2, -0.15) is 0 Å². The zero-order valence-corrected chi connectivity index (χ0v) is 18.5. The average molecular weight is 476 g/mol. The second-order valence-corrected chi connectivity index (χ2v) is 8.07. The van der Waals surface area contributed by atoms with E-state index in [-0.39, 0.29) is 5.11 Å². The lowest BCUT2D eigenvalue weighted by Gasteiger charge is -2.09. The Morgan fingerprint density at radius 2 is 1.73 bits per heavy atom. The lowest BCUT2D eigenvalue weighted by molar-refractivity contribution is 0.0977. The first-order chi connectivity index (χ1) is 16.0. The van der Waals surface area contributed by atoms with Gasteiger partial charge >= 0.3 is 0 Å². The third kappa shape index (κ3) is 4.28. The Labute approximate surface area is 198 Å². The van der Waals surface area contributed by atoms with E-state index in [1.165, 1.54) is 24.3 Å². The van der Waals surface area contributed by atoms with Crippen molar-refractivity contribution in [3.8, 4) is 11.5 Å². The number of aromatic nitrogens is 1. The summed E-state index contributed by atoms with van der Waals surface area (Å²) < 4.78 is 19.0. The van der Waals surface area contributed by atoms with Crippen LogP contribution in [-0.2, 0) is 0 Å².